The van der Waals surface area contributed by atoms with Crippen LogP contribution in [0.4, 0.5) is 23.0 Å². The van der Waals surface area contributed by atoms with Crippen LogP contribution in [0.1, 0.15) is 17.3 Å². The van der Waals surface area contributed by atoms with Crippen molar-refractivity contribution in [3.8, 4) is 11.1 Å². The number of anilines is 3. The van der Waals surface area contributed by atoms with Gasteiger partial charge < -0.3 is 11.1 Å². The maximum atomic E-state index is 11.5. The molecule has 0 spiro atoms. The molecule has 0 fully saturated rings. The van der Waals surface area contributed by atoms with E-state index in [0.29, 0.717) is 11.4 Å². The Balaban J connectivity index is 1.94. The van der Waals surface area contributed by atoms with Crippen LogP contribution in [-0.2, 0) is 0 Å². The number of hydrogen-bond acceptors (Lipinski definition) is 7. The van der Waals surface area contributed by atoms with Crippen LogP contribution in [0.2, 0.25) is 0 Å². The summed E-state index contributed by atoms with van der Waals surface area (Å²) < 4.78 is 0. The van der Waals surface area contributed by atoms with E-state index in [4.69, 9.17) is 5.73 Å². The summed E-state index contributed by atoms with van der Waals surface area (Å²) in [6.45, 7) is 1.37. The van der Waals surface area contributed by atoms with E-state index in [9.17, 15) is 14.9 Å². The number of carbonyl (C=O) groups is 1. The Bertz CT molecular complexity index is 986. The number of Topliss-reactive ketones (excluding diaryl/α,β-unsaturated/α-hetero) is 1. The highest BCUT2D eigenvalue weighted by molar-refractivity contribution is 5.95. The molecule has 0 aliphatic rings. The van der Waals surface area contributed by atoms with Crippen molar-refractivity contribution in [1.82, 2.24) is 9.97 Å². The Kier molecular flexibility index (Phi) is 4.57. The molecule has 8 nitrogen and oxygen atoms in total. The molecule has 0 aliphatic carbocycles. The lowest BCUT2D eigenvalue weighted by Gasteiger charge is -2.10. The first-order valence-corrected chi connectivity index (χ1v) is 7.68. The van der Waals surface area contributed by atoms with Gasteiger partial charge in [-0.2, -0.15) is 0 Å². The van der Waals surface area contributed by atoms with Crippen molar-refractivity contribution in [3.05, 3.63) is 70.5 Å². The van der Waals surface area contributed by atoms with Crippen LogP contribution < -0.4 is 11.1 Å². The van der Waals surface area contributed by atoms with Crippen LogP contribution in [0.15, 0.2) is 54.9 Å². The number of nitrogens with zero attached hydrogens (tertiary/aromatic N) is 3. The van der Waals surface area contributed by atoms with Crippen molar-refractivity contribution in [3.63, 3.8) is 0 Å². The van der Waals surface area contributed by atoms with Crippen molar-refractivity contribution in [2.75, 3.05) is 11.1 Å². The maximum Gasteiger partial charge on any atom is 0.293 e. The predicted molar refractivity (Wildman–Crippen MR) is 98.3 cm³/mol. The highest BCUT2D eigenvalue weighted by atomic mass is 16.6. The second-order valence-electron chi connectivity index (χ2n) is 5.58. The van der Waals surface area contributed by atoms with E-state index >= 15 is 0 Å². The maximum absolute atomic E-state index is 11.5. The van der Waals surface area contributed by atoms with Gasteiger partial charge in [-0.25, -0.2) is 9.97 Å². The molecular weight excluding hydrogens is 334 g/mol. The fraction of sp³-hybridized carbons (Fsp3) is 0.0556. The zero-order chi connectivity index (χ0) is 18.7. The Labute approximate surface area is 148 Å². The van der Waals surface area contributed by atoms with Crippen molar-refractivity contribution < 1.29 is 9.72 Å². The van der Waals surface area contributed by atoms with Crippen molar-refractivity contribution in [2.45, 2.75) is 6.92 Å². The first-order chi connectivity index (χ1) is 12.4. The van der Waals surface area contributed by atoms with E-state index in [0.717, 1.165) is 11.1 Å². The Hall–Kier alpha value is -3.81. The fourth-order valence-corrected chi connectivity index (χ4v) is 2.43. The van der Waals surface area contributed by atoms with Gasteiger partial charge in [-0.15, -0.1) is 0 Å². The summed E-state index contributed by atoms with van der Waals surface area (Å²) in [4.78, 5) is 30.2. The first-order valence-electron chi connectivity index (χ1n) is 7.68. The SMILES string of the molecule is CC(=O)c1ccc(Nc2cccc(-c3cnc(N)nc3)c2)c([N+](=O)[O-])c1. The molecule has 0 aliphatic heterocycles. The molecule has 0 saturated heterocycles. The second kappa shape index (κ2) is 6.98. The molecular formula is C18H15N5O3. The summed E-state index contributed by atoms with van der Waals surface area (Å²) in [6.07, 6.45) is 3.21. The highest BCUT2D eigenvalue weighted by Gasteiger charge is 2.16. The summed E-state index contributed by atoms with van der Waals surface area (Å²) in [7, 11) is 0. The van der Waals surface area contributed by atoms with E-state index in [-0.39, 0.29) is 23.0 Å². The Morgan fingerprint density at radius 3 is 2.50 bits per heavy atom. The van der Waals surface area contributed by atoms with Crippen LogP contribution >= 0.6 is 0 Å². The minimum absolute atomic E-state index is 0.168. The van der Waals surface area contributed by atoms with Crippen LogP contribution in [-0.4, -0.2) is 20.7 Å². The number of nitro benzene ring substituents is 1. The van der Waals surface area contributed by atoms with Gasteiger partial charge in [0.2, 0.25) is 5.95 Å². The minimum atomic E-state index is -0.521. The number of aromatic nitrogens is 2. The minimum Gasteiger partial charge on any atom is -0.368 e. The third kappa shape index (κ3) is 3.64. The van der Waals surface area contributed by atoms with Crippen molar-refractivity contribution >= 4 is 28.8 Å². The van der Waals surface area contributed by atoms with Gasteiger partial charge in [0.15, 0.2) is 5.78 Å². The standard InChI is InChI=1S/C18H15N5O3/c1-11(24)12-5-6-16(17(8-12)23(25)26)22-15-4-2-3-13(7-15)14-9-20-18(19)21-10-14/h2-10,22H,1H3,(H2,19,20,21). The summed E-state index contributed by atoms with van der Waals surface area (Å²) in [5.74, 6) is -0.0470. The number of nitrogens with one attached hydrogen (secondary N) is 1. The van der Waals surface area contributed by atoms with Crippen LogP contribution in [0.3, 0.4) is 0 Å². The smallest absolute Gasteiger partial charge is 0.293 e. The molecule has 2 aromatic carbocycles. The third-order valence-corrected chi connectivity index (χ3v) is 3.75. The van der Waals surface area contributed by atoms with Gasteiger partial charge in [0.1, 0.15) is 5.69 Å². The largest absolute Gasteiger partial charge is 0.368 e. The van der Waals surface area contributed by atoms with Crippen molar-refractivity contribution in [1.29, 1.82) is 0 Å². The predicted octanol–water partition coefficient (Wildman–Crippen LogP) is 3.58. The van der Waals surface area contributed by atoms with E-state index in [1.165, 1.54) is 19.1 Å². The molecule has 3 N–H and O–H groups in total. The van der Waals surface area contributed by atoms with E-state index < -0.39 is 4.92 Å². The van der Waals surface area contributed by atoms with Gasteiger partial charge >= 0.3 is 0 Å². The van der Waals surface area contributed by atoms with Gasteiger partial charge in [0, 0.05) is 35.3 Å². The number of hydrogen-bond donors (Lipinski definition) is 2. The number of nitro groups is 1. The number of nitrogen functional groups attached to an aromatic ring is 1. The molecule has 1 heterocycles. The van der Waals surface area contributed by atoms with E-state index in [2.05, 4.69) is 15.3 Å². The van der Waals surface area contributed by atoms with Crippen LogP contribution in [0, 0.1) is 10.1 Å². The zero-order valence-electron chi connectivity index (χ0n) is 13.8. The lowest BCUT2D eigenvalue weighted by atomic mass is 10.1. The fourth-order valence-electron chi connectivity index (χ4n) is 2.43. The van der Waals surface area contributed by atoms with Gasteiger partial charge in [0.25, 0.3) is 5.69 Å². The normalized spacial score (nSPS) is 10.3. The second-order valence-corrected chi connectivity index (χ2v) is 5.58. The van der Waals surface area contributed by atoms with E-state index in [1.807, 2.05) is 18.2 Å². The number of benzene rings is 2. The number of rotatable bonds is 5. The molecule has 0 amide bonds. The molecule has 0 bridgehead atoms. The van der Waals surface area contributed by atoms with E-state index in [1.54, 1.807) is 24.5 Å². The molecule has 0 saturated carbocycles. The molecule has 0 radical (unpaired) electrons. The summed E-state index contributed by atoms with van der Waals surface area (Å²) in [5.41, 5.74) is 8.16. The molecule has 1 aromatic heterocycles. The first kappa shape index (κ1) is 17.0. The quantitative estimate of drug-likeness (QED) is 0.410. The molecule has 0 atom stereocenters. The summed E-state index contributed by atoms with van der Waals surface area (Å²) in [5, 5.41) is 14.4. The molecule has 0 unspecified atom stereocenters. The molecule has 8 heteroatoms. The Morgan fingerprint density at radius 1 is 1.12 bits per heavy atom. The van der Waals surface area contributed by atoms with Crippen molar-refractivity contribution in [2.24, 2.45) is 0 Å². The van der Waals surface area contributed by atoms with Gasteiger partial charge in [-0.3, -0.25) is 14.9 Å². The average molecular weight is 349 g/mol. The third-order valence-electron chi connectivity index (χ3n) is 3.75. The monoisotopic (exact) mass is 349 g/mol. The van der Waals surface area contributed by atoms with Gasteiger partial charge in [0.05, 0.1) is 4.92 Å². The molecule has 3 aromatic rings. The van der Waals surface area contributed by atoms with Crippen LogP contribution in [0.25, 0.3) is 11.1 Å². The zero-order valence-corrected chi connectivity index (χ0v) is 13.8. The summed E-state index contributed by atoms with van der Waals surface area (Å²) >= 11 is 0. The molecule has 26 heavy (non-hydrogen) atoms. The number of nitrogens with two attached hydrogens (primary N) is 1. The highest BCUT2D eigenvalue weighted by Crippen LogP contribution is 2.30. The lowest BCUT2D eigenvalue weighted by Crippen LogP contribution is -2.00. The molecule has 130 valence electrons. The average Bonchev–Trinajstić information content (AvgIpc) is 2.62. The Morgan fingerprint density at radius 2 is 1.85 bits per heavy atom. The van der Waals surface area contributed by atoms with Gasteiger partial charge in [-0.1, -0.05) is 12.1 Å². The lowest BCUT2D eigenvalue weighted by molar-refractivity contribution is -0.383. The number of carbonyl (C=O) groups excluding carboxylic acids is 1. The van der Waals surface area contributed by atoms with Crippen LogP contribution in [0.5, 0.6) is 0 Å². The summed E-state index contributed by atoms with van der Waals surface area (Å²) in [6, 6.07) is 11.6. The number of ketones is 1. The molecule has 3 rings (SSSR count). The van der Waals surface area contributed by atoms with Gasteiger partial charge in [-0.05, 0) is 36.8 Å². The topological polar surface area (TPSA) is 124 Å².